The van der Waals surface area contributed by atoms with Gasteiger partial charge in [0.1, 0.15) is 5.54 Å². The van der Waals surface area contributed by atoms with E-state index in [1.165, 1.54) is 11.8 Å². The fourth-order valence-electron chi connectivity index (χ4n) is 2.74. The van der Waals surface area contributed by atoms with E-state index >= 15 is 0 Å². The molecule has 0 bridgehead atoms. The topological polar surface area (TPSA) is 66.8 Å². The molecule has 0 aromatic carbocycles. The number of carbonyl (C=O) groups excluding carboxylic acids is 1. The molecule has 0 aliphatic carbocycles. The van der Waals surface area contributed by atoms with Crippen molar-refractivity contribution in [3.63, 3.8) is 0 Å². The van der Waals surface area contributed by atoms with Crippen molar-refractivity contribution in [1.29, 1.82) is 0 Å². The van der Waals surface area contributed by atoms with Crippen LogP contribution in [0.1, 0.15) is 40.5 Å². The van der Waals surface area contributed by atoms with E-state index in [-0.39, 0.29) is 18.1 Å². The van der Waals surface area contributed by atoms with Crippen molar-refractivity contribution in [3.8, 4) is 0 Å². The number of rotatable bonds is 3. The summed E-state index contributed by atoms with van der Waals surface area (Å²) in [6, 6.07) is -0.131. The fraction of sp³-hybridized carbons (Fsp3) is 0.833. The SMILES string of the molecule is CC(=O)N(C(C)C)C1(C(=O)O)CCOC(C)C1. The maximum absolute atomic E-state index is 11.7. The standard InChI is InChI=1S/C12H21NO4/c1-8(2)13(10(4)14)12(11(15)16)5-6-17-9(3)7-12/h8-9H,5-7H2,1-4H3,(H,15,16). The van der Waals surface area contributed by atoms with Crippen molar-refractivity contribution in [1.82, 2.24) is 4.90 Å². The van der Waals surface area contributed by atoms with E-state index in [4.69, 9.17) is 4.74 Å². The number of carbonyl (C=O) groups is 2. The van der Waals surface area contributed by atoms with Gasteiger partial charge in [-0.3, -0.25) is 4.79 Å². The van der Waals surface area contributed by atoms with E-state index in [1.807, 2.05) is 20.8 Å². The van der Waals surface area contributed by atoms with Gasteiger partial charge in [0.2, 0.25) is 5.91 Å². The molecule has 5 heteroatoms. The Morgan fingerprint density at radius 3 is 2.41 bits per heavy atom. The van der Waals surface area contributed by atoms with Crippen LogP contribution >= 0.6 is 0 Å². The normalized spacial score (nSPS) is 29.1. The minimum Gasteiger partial charge on any atom is -0.479 e. The predicted molar refractivity (Wildman–Crippen MR) is 62.7 cm³/mol. The molecule has 0 spiro atoms. The molecule has 1 rings (SSSR count). The van der Waals surface area contributed by atoms with E-state index in [0.29, 0.717) is 19.4 Å². The van der Waals surface area contributed by atoms with Gasteiger partial charge in [0, 0.05) is 32.4 Å². The highest BCUT2D eigenvalue weighted by Gasteiger charge is 2.49. The Kier molecular flexibility index (Phi) is 4.14. The smallest absolute Gasteiger partial charge is 0.329 e. The van der Waals surface area contributed by atoms with Gasteiger partial charge in [-0.15, -0.1) is 0 Å². The van der Waals surface area contributed by atoms with Gasteiger partial charge in [-0.05, 0) is 20.8 Å². The van der Waals surface area contributed by atoms with Gasteiger partial charge in [-0.25, -0.2) is 4.79 Å². The molecule has 2 unspecified atom stereocenters. The molecule has 0 saturated carbocycles. The van der Waals surface area contributed by atoms with Gasteiger partial charge in [-0.1, -0.05) is 0 Å². The van der Waals surface area contributed by atoms with Gasteiger partial charge in [0.05, 0.1) is 6.10 Å². The Bertz CT molecular complexity index is 316. The molecular weight excluding hydrogens is 222 g/mol. The summed E-state index contributed by atoms with van der Waals surface area (Å²) in [5, 5.41) is 9.53. The molecule has 1 saturated heterocycles. The number of carboxylic acids is 1. The Morgan fingerprint density at radius 1 is 1.47 bits per heavy atom. The molecule has 5 nitrogen and oxygen atoms in total. The minimum atomic E-state index is -1.11. The summed E-state index contributed by atoms with van der Waals surface area (Å²) >= 11 is 0. The molecule has 1 N–H and O–H groups in total. The molecule has 0 radical (unpaired) electrons. The van der Waals surface area contributed by atoms with Crippen LogP contribution in [0.4, 0.5) is 0 Å². The van der Waals surface area contributed by atoms with Crippen LogP contribution in [0.15, 0.2) is 0 Å². The highest BCUT2D eigenvalue weighted by molar-refractivity contribution is 5.86. The van der Waals surface area contributed by atoms with Crippen LogP contribution in [-0.4, -0.2) is 46.2 Å². The Balaban J connectivity index is 3.13. The van der Waals surface area contributed by atoms with Crippen molar-refractivity contribution in [3.05, 3.63) is 0 Å². The number of hydrogen-bond donors (Lipinski definition) is 1. The van der Waals surface area contributed by atoms with Crippen molar-refractivity contribution in [2.24, 2.45) is 0 Å². The summed E-state index contributed by atoms with van der Waals surface area (Å²) in [5.74, 6) is -1.13. The zero-order chi connectivity index (χ0) is 13.2. The first-order chi connectivity index (χ1) is 7.81. The fourth-order valence-corrected chi connectivity index (χ4v) is 2.74. The third kappa shape index (κ3) is 2.60. The summed E-state index contributed by atoms with van der Waals surface area (Å²) in [6.07, 6.45) is 0.560. The molecule has 1 heterocycles. The first kappa shape index (κ1) is 14.0. The molecule has 17 heavy (non-hydrogen) atoms. The Labute approximate surface area is 102 Å². The second-order valence-corrected chi connectivity index (χ2v) is 4.96. The maximum Gasteiger partial charge on any atom is 0.329 e. The van der Waals surface area contributed by atoms with Crippen LogP contribution in [0.25, 0.3) is 0 Å². The number of carboxylic acid groups (broad SMARTS) is 1. The molecule has 0 aromatic rings. The van der Waals surface area contributed by atoms with Gasteiger partial charge < -0.3 is 14.7 Å². The summed E-state index contributed by atoms with van der Waals surface area (Å²) < 4.78 is 5.39. The van der Waals surface area contributed by atoms with Crippen molar-refractivity contribution < 1.29 is 19.4 Å². The second-order valence-electron chi connectivity index (χ2n) is 4.96. The summed E-state index contributed by atoms with van der Waals surface area (Å²) in [6.45, 7) is 7.32. The molecule has 0 aromatic heterocycles. The van der Waals surface area contributed by atoms with Crippen molar-refractivity contribution in [2.45, 2.75) is 58.2 Å². The number of ether oxygens (including phenoxy) is 1. The van der Waals surface area contributed by atoms with Crippen LogP contribution in [0.5, 0.6) is 0 Å². The van der Waals surface area contributed by atoms with E-state index in [1.54, 1.807) is 0 Å². The highest BCUT2D eigenvalue weighted by Crippen LogP contribution is 2.33. The van der Waals surface area contributed by atoms with E-state index in [0.717, 1.165) is 0 Å². The maximum atomic E-state index is 11.7. The van der Waals surface area contributed by atoms with Gasteiger partial charge in [-0.2, -0.15) is 0 Å². The molecular formula is C12H21NO4. The lowest BCUT2D eigenvalue weighted by Gasteiger charge is -2.46. The second kappa shape index (κ2) is 5.04. The molecule has 1 fully saturated rings. The van der Waals surface area contributed by atoms with Crippen LogP contribution in [0, 0.1) is 0 Å². The average Bonchev–Trinajstić information content (AvgIpc) is 2.15. The first-order valence-electron chi connectivity index (χ1n) is 5.96. The van der Waals surface area contributed by atoms with Crippen LogP contribution < -0.4 is 0 Å². The monoisotopic (exact) mass is 243 g/mol. The minimum absolute atomic E-state index is 0.131. The third-order valence-corrected chi connectivity index (χ3v) is 3.26. The van der Waals surface area contributed by atoms with Gasteiger partial charge >= 0.3 is 5.97 Å². The largest absolute Gasteiger partial charge is 0.479 e. The van der Waals surface area contributed by atoms with E-state index < -0.39 is 11.5 Å². The Morgan fingerprint density at radius 2 is 2.06 bits per heavy atom. The lowest BCUT2D eigenvalue weighted by Crippen LogP contribution is -2.62. The summed E-state index contributed by atoms with van der Waals surface area (Å²) in [5.41, 5.74) is -1.11. The molecule has 1 aliphatic rings. The van der Waals surface area contributed by atoms with Crippen LogP contribution in [-0.2, 0) is 14.3 Å². The zero-order valence-electron chi connectivity index (χ0n) is 10.9. The summed E-state index contributed by atoms with van der Waals surface area (Å²) in [7, 11) is 0. The number of aliphatic carboxylic acids is 1. The highest BCUT2D eigenvalue weighted by atomic mass is 16.5. The lowest BCUT2D eigenvalue weighted by atomic mass is 9.84. The van der Waals surface area contributed by atoms with Crippen LogP contribution in [0.2, 0.25) is 0 Å². The van der Waals surface area contributed by atoms with Crippen LogP contribution in [0.3, 0.4) is 0 Å². The number of nitrogens with zero attached hydrogens (tertiary/aromatic N) is 1. The summed E-state index contributed by atoms with van der Waals surface area (Å²) in [4.78, 5) is 24.8. The predicted octanol–water partition coefficient (Wildman–Crippen LogP) is 1.27. The van der Waals surface area contributed by atoms with Crippen molar-refractivity contribution >= 4 is 11.9 Å². The average molecular weight is 243 g/mol. The number of hydrogen-bond acceptors (Lipinski definition) is 3. The van der Waals surface area contributed by atoms with Gasteiger partial charge in [0.25, 0.3) is 0 Å². The first-order valence-corrected chi connectivity index (χ1v) is 5.96. The molecule has 2 atom stereocenters. The zero-order valence-corrected chi connectivity index (χ0v) is 10.9. The third-order valence-electron chi connectivity index (χ3n) is 3.26. The molecule has 1 aliphatic heterocycles. The lowest BCUT2D eigenvalue weighted by molar-refractivity contribution is -0.171. The molecule has 98 valence electrons. The Hall–Kier alpha value is -1.10. The van der Waals surface area contributed by atoms with Crippen molar-refractivity contribution in [2.75, 3.05) is 6.61 Å². The van der Waals surface area contributed by atoms with E-state index in [9.17, 15) is 14.7 Å². The quantitative estimate of drug-likeness (QED) is 0.810. The molecule has 1 amide bonds. The number of amides is 1. The van der Waals surface area contributed by atoms with E-state index in [2.05, 4.69) is 0 Å². The van der Waals surface area contributed by atoms with Gasteiger partial charge in [0.15, 0.2) is 0 Å².